The number of carbonyl (C=O) groups is 1. The Morgan fingerprint density at radius 1 is 1.21 bits per heavy atom. The van der Waals surface area contributed by atoms with Crippen LogP contribution < -0.4 is 35.5 Å². The largest absolute Gasteiger partial charge is 0.479 e. The first-order valence-electron chi connectivity index (χ1n) is 12.1. The van der Waals surface area contributed by atoms with Crippen molar-refractivity contribution >= 4 is 29.3 Å². The minimum absolute atomic E-state index is 0.146. The monoisotopic (exact) mass is 541 g/mol. The van der Waals surface area contributed by atoms with E-state index in [2.05, 4.69) is 61.3 Å². The number of hydrogen-bond acceptors (Lipinski definition) is 11. The lowest BCUT2D eigenvalue weighted by molar-refractivity contribution is -0.114. The van der Waals surface area contributed by atoms with Gasteiger partial charge in [0.25, 0.3) is 5.91 Å². The van der Waals surface area contributed by atoms with E-state index in [-0.39, 0.29) is 28.6 Å². The van der Waals surface area contributed by atoms with Gasteiger partial charge in [-0.2, -0.15) is 15.2 Å². The summed E-state index contributed by atoms with van der Waals surface area (Å²) in [5.41, 5.74) is 6.50. The van der Waals surface area contributed by atoms with Crippen molar-refractivity contribution < 1.29 is 19.0 Å². The van der Waals surface area contributed by atoms with Gasteiger partial charge in [0.05, 0.1) is 19.8 Å². The van der Waals surface area contributed by atoms with Crippen molar-refractivity contribution in [2.45, 2.75) is 51.6 Å². The molecule has 3 rings (SSSR count). The number of amides is 1. The molecule has 0 saturated carbocycles. The van der Waals surface area contributed by atoms with Crippen LogP contribution in [-0.2, 0) is 10.2 Å². The van der Waals surface area contributed by atoms with Crippen molar-refractivity contribution in [2.24, 2.45) is 5.73 Å². The standard InChI is InChI=1S/C26H35N7O4S/c1-15(2)29-10-11-30-24-31-22(35-6)20(23(32-24)36-7)33-18(21(28)34)14-38-25(33)37-19-12-17(26(3,4)5)9-8-16(19)13-27/h8-9,12,14-15,25,29H,10-11H2,1-7H3,(H2,28,34)(H,30,31,32). The summed E-state index contributed by atoms with van der Waals surface area (Å²) in [6.07, 6.45) is 0. The maximum atomic E-state index is 12.4. The minimum atomic E-state index is -0.819. The molecule has 11 nitrogen and oxygen atoms in total. The number of primary amides is 1. The van der Waals surface area contributed by atoms with Crippen LogP contribution in [0.1, 0.15) is 45.7 Å². The van der Waals surface area contributed by atoms with Gasteiger partial charge in [0, 0.05) is 24.5 Å². The molecule has 1 amide bonds. The van der Waals surface area contributed by atoms with E-state index in [1.54, 1.807) is 11.5 Å². The first-order chi connectivity index (χ1) is 18.0. The fourth-order valence-corrected chi connectivity index (χ4v) is 4.62. The Bertz CT molecular complexity index is 1210. The maximum absolute atomic E-state index is 12.4. The number of thioether (sulfide) groups is 1. The number of methoxy groups -OCH3 is 2. The molecule has 1 aliphatic heterocycles. The highest BCUT2D eigenvalue weighted by Gasteiger charge is 2.38. The molecule has 0 bridgehead atoms. The summed E-state index contributed by atoms with van der Waals surface area (Å²) >= 11 is 1.21. The van der Waals surface area contributed by atoms with E-state index in [1.807, 2.05) is 12.1 Å². The lowest BCUT2D eigenvalue weighted by atomic mass is 9.86. The van der Waals surface area contributed by atoms with Crippen molar-refractivity contribution in [3.05, 3.63) is 40.4 Å². The predicted molar refractivity (Wildman–Crippen MR) is 148 cm³/mol. The fourth-order valence-electron chi connectivity index (χ4n) is 3.64. The topological polar surface area (TPSA) is 148 Å². The SMILES string of the molecule is COc1nc(NCCNC(C)C)nc(OC)c1N1C(C(N)=O)=CSC1Oc1cc(C(C)(C)C)ccc1C#N. The molecule has 1 unspecified atom stereocenters. The van der Waals surface area contributed by atoms with Crippen LogP contribution in [0, 0.1) is 11.3 Å². The molecule has 0 radical (unpaired) electrons. The number of carbonyl (C=O) groups excluding carboxylic acids is 1. The first-order valence-corrected chi connectivity index (χ1v) is 13.1. The zero-order chi connectivity index (χ0) is 28.0. The summed E-state index contributed by atoms with van der Waals surface area (Å²) in [6.45, 7) is 11.6. The van der Waals surface area contributed by atoms with Crippen LogP contribution in [0.5, 0.6) is 17.5 Å². The number of nitrogens with two attached hydrogens (primary N) is 1. The van der Waals surface area contributed by atoms with Gasteiger partial charge in [0.15, 0.2) is 5.69 Å². The molecular formula is C26H35N7O4S. The van der Waals surface area contributed by atoms with Crippen LogP contribution in [0.3, 0.4) is 0 Å². The lowest BCUT2D eigenvalue weighted by Crippen LogP contribution is -2.38. The van der Waals surface area contributed by atoms with Crippen molar-refractivity contribution in [3.63, 3.8) is 0 Å². The summed E-state index contributed by atoms with van der Waals surface area (Å²) < 4.78 is 17.5. The molecule has 0 spiro atoms. The average molecular weight is 542 g/mol. The molecule has 2 heterocycles. The quantitative estimate of drug-likeness (QED) is 0.360. The van der Waals surface area contributed by atoms with Crippen molar-refractivity contribution in [3.8, 4) is 23.6 Å². The van der Waals surface area contributed by atoms with E-state index in [0.29, 0.717) is 36.4 Å². The molecule has 1 atom stereocenters. The summed E-state index contributed by atoms with van der Waals surface area (Å²) in [5, 5.41) is 17.8. The average Bonchev–Trinajstić information content (AvgIpc) is 3.28. The van der Waals surface area contributed by atoms with Gasteiger partial charge >= 0.3 is 0 Å². The Kier molecular flexibility index (Phi) is 9.30. The number of hydrogen-bond donors (Lipinski definition) is 3. The van der Waals surface area contributed by atoms with Crippen LogP contribution in [0.15, 0.2) is 29.3 Å². The first kappa shape index (κ1) is 28.9. The van der Waals surface area contributed by atoms with Gasteiger partial charge in [0.2, 0.25) is 23.3 Å². The Labute approximate surface area is 227 Å². The molecule has 4 N–H and O–H groups in total. The minimum Gasteiger partial charge on any atom is -0.479 e. The van der Waals surface area contributed by atoms with Gasteiger partial charge < -0.3 is 30.6 Å². The third kappa shape index (κ3) is 6.59. The molecular weight excluding hydrogens is 506 g/mol. The van der Waals surface area contributed by atoms with Crippen molar-refractivity contribution in [1.82, 2.24) is 15.3 Å². The summed E-state index contributed by atoms with van der Waals surface area (Å²) in [5.74, 6) is 0.299. The van der Waals surface area contributed by atoms with E-state index in [4.69, 9.17) is 19.9 Å². The van der Waals surface area contributed by atoms with Gasteiger partial charge in [-0.05, 0) is 23.1 Å². The second kappa shape index (κ2) is 12.2. The fraction of sp³-hybridized carbons (Fsp3) is 0.462. The number of nitriles is 1. The normalized spacial score (nSPS) is 15.2. The number of aromatic nitrogens is 2. The van der Waals surface area contributed by atoms with Crippen LogP contribution in [0.2, 0.25) is 0 Å². The van der Waals surface area contributed by atoms with Gasteiger partial charge in [-0.15, -0.1) is 0 Å². The zero-order valence-electron chi connectivity index (χ0n) is 22.8. The van der Waals surface area contributed by atoms with Gasteiger partial charge in [-0.25, -0.2) is 0 Å². The third-order valence-electron chi connectivity index (χ3n) is 5.62. The molecule has 1 aromatic heterocycles. The van der Waals surface area contributed by atoms with E-state index < -0.39 is 11.5 Å². The summed E-state index contributed by atoms with van der Waals surface area (Å²) in [6, 6.07) is 7.98. The van der Waals surface area contributed by atoms with Crippen LogP contribution in [0.4, 0.5) is 11.6 Å². The van der Waals surface area contributed by atoms with Gasteiger partial charge in [0.1, 0.15) is 17.5 Å². The van der Waals surface area contributed by atoms with E-state index in [0.717, 1.165) is 5.56 Å². The molecule has 0 aliphatic carbocycles. The Hall–Kier alpha value is -3.69. The Balaban J connectivity index is 2.02. The van der Waals surface area contributed by atoms with E-state index in [9.17, 15) is 10.1 Å². The summed E-state index contributed by atoms with van der Waals surface area (Å²) in [4.78, 5) is 22.9. The highest BCUT2D eigenvalue weighted by Crippen LogP contribution is 2.45. The van der Waals surface area contributed by atoms with E-state index in [1.165, 1.54) is 30.9 Å². The van der Waals surface area contributed by atoms with Crippen LogP contribution >= 0.6 is 11.8 Å². The lowest BCUT2D eigenvalue weighted by Gasteiger charge is -2.30. The second-order valence-electron chi connectivity index (χ2n) is 9.82. The number of ether oxygens (including phenoxy) is 3. The third-order valence-corrected chi connectivity index (χ3v) is 6.52. The number of nitrogens with zero attached hydrogens (tertiary/aromatic N) is 4. The summed E-state index contributed by atoms with van der Waals surface area (Å²) in [7, 11) is 2.92. The molecule has 0 saturated heterocycles. The molecule has 1 aliphatic rings. The van der Waals surface area contributed by atoms with Gasteiger partial charge in [-0.1, -0.05) is 52.4 Å². The highest BCUT2D eigenvalue weighted by molar-refractivity contribution is 8.03. The number of benzene rings is 1. The molecule has 38 heavy (non-hydrogen) atoms. The highest BCUT2D eigenvalue weighted by atomic mass is 32.2. The van der Waals surface area contributed by atoms with Crippen LogP contribution in [-0.4, -0.2) is 54.8 Å². The number of anilines is 2. The van der Waals surface area contributed by atoms with Gasteiger partial charge in [-0.3, -0.25) is 9.69 Å². The Morgan fingerprint density at radius 3 is 2.39 bits per heavy atom. The molecule has 12 heteroatoms. The Morgan fingerprint density at radius 2 is 1.87 bits per heavy atom. The van der Waals surface area contributed by atoms with Crippen molar-refractivity contribution in [2.75, 3.05) is 37.5 Å². The molecule has 1 aromatic carbocycles. The predicted octanol–water partition coefficient (Wildman–Crippen LogP) is 3.32. The zero-order valence-corrected chi connectivity index (χ0v) is 23.6. The smallest absolute Gasteiger partial charge is 0.266 e. The molecule has 0 fully saturated rings. The second-order valence-corrected chi connectivity index (χ2v) is 10.7. The van der Waals surface area contributed by atoms with E-state index >= 15 is 0 Å². The molecule has 2 aromatic rings. The number of nitrogens with one attached hydrogen (secondary N) is 2. The van der Waals surface area contributed by atoms with Crippen LogP contribution in [0.25, 0.3) is 0 Å². The maximum Gasteiger partial charge on any atom is 0.266 e. The molecule has 204 valence electrons. The van der Waals surface area contributed by atoms with Crippen molar-refractivity contribution in [1.29, 1.82) is 5.26 Å². The number of rotatable bonds is 11.